The molecule has 0 aliphatic carbocycles. The highest BCUT2D eigenvalue weighted by molar-refractivity contribution is 6.06. The number of nitrogens with one attached hydrogen (secondary N) is 1. The summed E-state index contributed by atoms with van der Waals surface area (Å²) in [5, 5.41) is 0. The van der Waals surface area contributed by atoms with Gasteiger partial charge < -0.3 is 9.88 Å². The normalized spacial score (nSPS) is 13.3. The van der Waals surface area contributed by atoms with Gasteiger partial charge in [-0.25, -0.2) is 9.36 Å². The first-order chi connectivity index (χ1) is 13.1. The topological polar surface area (TPSA) is 75.2 Å². The third kappa shape index (κ3) is 2.99. The molecule has 0 saturated heterocycles. The predicted octanol–water partition coefficient (Wildman–Crippen LogP) is 2.43. The van der Waals surface area contributed by atoms with Crippen molar-refractivity contribution in [1.29, 1.82) is 0 Å². The van der Waals surface area contributed by atoms with Crippen LogP contribution in [0.5, 0.6) is 0 Å². The molecule has 2 aromatic carbocycles. The molecular formula is C21H19N3O3. The number of rotatable bonds is 2. The van der Waals surface area contributed by atoms with Crippen molar-refractivity contribution in [3.63, 3.8) is 0 Å². The molecule has 1 N–H and O–H groups in total. The highest BCUT2D eigenvalue weighted by Crippen LogP contribution is 2.27. The second-order valence-electron chi connectivity index (χ2n) is 6.67. The van der Waals surface area contributed by atoms with Gasteiger partial charge in [0.2, 0.25) is 0 Å². The van der Waals surface area contributed by atoms with Crippen LogP contribution in [0.4, 0.5) is 5.69 Å². The van der Waals surface area contributed by atoms with Gasteiger partial charge in [-0.05, 0) is 43.5 Å². The van der Waals surface area contributed by atoms with Crippen LogP contribution in [0.15, 0.2) is 64.3 Å². The van der Waals surface area contributed by atoms with Crippen LogP contribution in [0, 0.1) is 6.92 Å². The second kappa shape index (κ2) is 6.72. The first kappa shape index (κ1) is 17.0. The van der Waals surface area contributed by atoms with Crippen molar-refractivity contribution < 1.29 is 4.79 Å². The van der Waals surface area contributed by atoms with Crippen LogP contribution in [0.2, 0.25) is 0 Å². The summed E-state index contributed by atoms with van der Waals surface area (Å²) >= 11 is 0. The predicted molar refractivity (Wildman–Crippen MR) is 104 cm³/mol. The SMILES string of the molecule is Cc1ccc(-n2c(=O)[nH]cc(C(=O)N3CCCc4ccccc43)c2=O)cc1. The molecule has 1 aliphatic rings. The molecule has 27 heavy (non-hydrogen) atoms. The molecule has 0 unspecified atom stereocenters. The van der Waals surface area contributed by atoms with E-state index in [-0.39, 0.29) is 5.56 Å². The Morgan fingerprint density at radius 3 is 2.56 bits per heavy atom. The lowest BCUT2D eigenvalue weighted by Crippen LogP contribution is -2.42. The van der Waals surface area contributed by atoms with E-state index in [4.69, 9.17) is 0 Å². The smallest absolute Gasteiger partial charge is 0.313 e. The van der Waals surface area contributed by atoms with Gasteiger partial charge in [-0.1, -0.05) is 35.9 Å². The van der Waals surface area contributed by atoms with Crippen LogP contribution in [-0.2, 0) is 6.42 Å². The zero-order valence-corrected chi connectivity index (χ0v) is 14.9. The number of aromatic nitrogens is 2. The Morgan fingerprint density at radius 1 is 1.04 bits per heavy atom. The van der Waals surface area contributed by atoms with E-state index in [9.17, 15) is 14.4 Å². The Hall–Kier alpha value is -3.41. The molecule has 1 aromatic heterocycles. The molecular weight excluding hydrogens is 342 g/mol. The highest BCUT2D eigenvalue weighted by Gasteiger charge is 2.26. The fourth-order valence-corrected chi connectivity index (χ4v) is 3.44. The average molecular weight is 361 g/mol. The molecule has 0 saturated carbocycles. The maximum Gasteiger partial charge on any atom is 0.333 e. The summed E-state index contributed by atoms with van der Waals surface area (Å²) in [4.78, 5) is 42.5. The number of benzene rings is 2. The Balaban J connectivity index is 1.81. The summed E-state index contributed by atoms with van der Waals surface area (Å²) in [6.45, 7) is 2.46. The lowest BCUT2D eigenvalue weighted by Gasteiger charge is -2.29. The minimum absolute atomic E-state index is 0.0492. The Labute approximate surface area is 155 Å². The molecule has 6 nitrogen and oxygen atoms in total. The minimum Gasteiger partial charge on any atom is -0.313 e. The molecule has 3 aromatic rings. The van der Waals surface area contributed by atoms with Crippen LogP contribution >= 0.6 is 0 Å². The Morgan fingerprint density at radius 2 is 1.78 bits per heavy atom. The van der Waals surface area contributed by atoms with Crippen LogP contribution in [0.25, 0.3) is 5.69 Å². The number of carbonyl (C=O) groups excluding carboxylic acids is 1. The summed E-state index contributed by atoms with van der Waals surface area (Å²) in [7, 11) is 0. The maximum absolute atomic E-state index is 13.1. The third-order valence-electron chi connectivity index (χ3n) is 4.85. The molecule has 1 amide bonds. The van der Waals surface area contributed by atoms with Crippen molar-refractivity contribution in [2.75, 3.05) is 11.4 Å². The van der Waals surface area contributed by atoms with Crippen molar-refractivity contribution >= 4 is 11.6 Å². The van der Waals surface area contributed by atoms with Gasteiger partial charge >= 0.3 is 5.69 Å². The maximum atomic E-state index is 13.1. The average Bonchev–Trinajstić information content (AvgIpc) is 2.68. The number of amides is 1. The van der Waals surface area contributed by atoms with E-state index < -0.39 is 17.2 Å². The van der Waals surface area contributed by atoms with E-state index in [0.717, 1.165) is 34.2 Å². The Kier molecular flexibility index (Phi) is 4.24. The number of H-pyrrole nitrogens is 1. The summed E-state index contributed by atoms with van der Waals surface area (Å²) in [5.41, 5.74) is 2.12. The number of anilines is 1. The summed E-state index contributed by atoms with van der Waals surface area (Å²) in [6.07, 6.45) is 2.95. The zero-order valence-electron chi connectivity index (χ0n) is 14.9. The monoisotopic (exact) mass is 361 g/mol. The quantitative estimate of drug-likeness (QED) is 0.762. The molecule has 0 radical (unpaired) electrons. The molecule has 0 atom stereocenters. The zero-order chi connectivity index (χ0) is 19.0. The van der Waals surface area contributed by atoms with Crippen molar-refractivity contribution in [3.8, 4) is 5.69 Å². The standard InChI is InChI=1S/C21H19N3O3/c1-14-8-10-16(11-9-14)24-20(26)17(13-22-21(24)27)19(25)23-12-4-6-15-5-2-3-7-18(15)23/h2-3,5,7-11,13H,4,6,12H2,1H3,(H,22,27). The van der Waals surface area contributed by atoms with Gasteiger partial charge in [-0.15, -0.1) is 0 Å². The lowest BCUT2D eigenvalue weighted by molar-refractivity contribution is 0.0983. The van der Waals surface area contributed by atoms with Gasteiger partial charge in [-0.2, -0.15) is 0 Å². The van der Waals surface area contributed by atoms with Gasteiger partial charge in [0, 0.05) is 18.4 Å². The number of carbonyl (C=O) groups is 1. The van der Waals surface area contributed by atoms with E-state index in [1.54, 1.807) is 17.0 Å². The molecule has 0 bridgehead atoms. The summed E-state index contributed by atoms with van der Waals surface area (Å²) < 4.78 is 1.00. The van der Waals surface area contributed by atoms with Gasteiger partial charge in [-0.3, -0.25) is 9.59 Å². The van der Waals surface area contributed by atoms with Crippen LogP contribution in [0.3, 0.4) is 0 Å². The van der Waals surface area contributed by atoms with E-state index in [2.05, 4.69) is 4.98 Å². The van der Waals surface area contributed by atoms with Crippen LogP contribution in [0.1, 0.15) is 27.9 Å². The fourth-order valence-electron chi connectivity index (χ4n) is 3.44. The Bertz CT molecular complexity index is 1130. The van der Waals surface area contributed by atoms with Crippen molar-refractivity contribution in [1.82, 2.24) is 9.55 Å². The van der Waals surface area contributed by atoms with Crippen molar-refractivity contribution in [3.05, 3.63) is 92.3 Å². The number of hydrogen-bond acceptors (Lipinski definition) is 3. The number of aryl methyl sites for hydroxylation is 2. The number of fused-ring (bicyclic) bond motifs is 1. The number of nitrogens with zero attached hydrogens (tertiary/aromatic N) is 2. The van der Waals surface area contributed by atoms with E-state index in [1.165, 1.54) is 6.20 Å². The first-order valence-corrected chi connectivity index (χ1v) is 8.88. The molecule has 0 spiro atoms. The molecule has 1 aliphatic heterocycles. The summed E-state index contributed by atoms with van der Waals surface area (Å²) in [6, 6.07) is 14.7. The minimum atomic E-state index is -0.615. The third-order valence-corrected chi connectivity index (χ3v) is 4.85. The van der Waals surface area contributed by atoms with E-state index in [1.807, 2.05) is 43.3 Å². The number of hydrogen-bond donors (Lipinski definition) is 1. The number of para-hydroxylation sites is 1. The van der Waals surface area contributed by atoms with Gasteiger partial charge in [0.25, 0.3) is 11.5 Å². The van der Waals surface area contributed by atoms with Crippen LogP contribution < -0.4 is 16.1 Å². The molecule has 6 heteroatoms. The van der Waals surface area contributed by atoms with Gasteiger partial charge in [0.1, 0.15) is 5.56 Å². The molecule has 0 fully saturated rings. The van der Waals surface area contributed by atoms with Gasteiger partial charge in [0.15, 0.2) is 0 Å². The molecule has 136 valence electrons. The van der Waals surface area contributed by atoms with E-state index >= 15 is 0 Å². The van der Waals surface area contributed by atoms with Crippen LogP contribution in [-0.4, -0.2) is 22.0 Å². The first-order valence-electron chi connectivity index (χ1n) is 8.88. The van der Waals surface area contributed by atoms with E-state index in [0.29, 0.717) is 12.2 Å². The molecule has 2 heterocycles. The van der Waals surface area contributed by atoms with Crippen molar-refractivity contribution in [2.45, 2.75) is 19.8 Å². The number of aromatic amines is 1. The van der Waals surface area contributed by atoms with Gasteiger partial charge in [0.05, 0.1) is 5.69 Å². The van der Waals surface area contributed by atoms with Crippen molar-refractivity contribution in [2.24, 2.45) is 0 Å². The molecule has 4 rings (SSSR count). The fraction of sp³-hybridized carbons (Fsp3) is 0.190. The second-order valence-corrected chi connectivity index (χ2v) is 6.67. The lowest BCUT2D eigenvalue weighted by atomic mass is 10.0. The summed E-state index contributed by atoms with van der Waals surface area (Å²) in [5.74, 6) is -0.399. The highest BCUT2D eigenvalue weighted by atomic mass is 16.2. The largest absolute Gasteiger partial charge is 0.333 e.